The maximum atomic E-state index is 5.92. The van der Waals surface area contributed by atoms with Gasteiger partial charge in [-0.15, -0.1) is 0 Å². The van der Waals surface area contributed by atoms with E-state index in [-0.39, 0.29) is 0 Å². The largest absolute Gasteiger partial charge is 0.329 e. The lowest BCUT2D eigenvalue weighted by Gasteiger charge is -2.41. The van der Waals surface area contributed by atoms with Crippen LogP contribution in [0.5, 0.6) is 0 Å². The van der Waals surface area contributed by atoms with Crippen molar-refractivity contribution in [2.45, 2.75) is 37.5 Å². The minimum atomic E-state index is 0.408. The summed E-state index contributed by atoms with van der Waals surface area (Å²) in [5.41, 5.74) is 5.92. The van der Waals surface area contributed by atoms with Crippen molar-refractivity contribution in [1.82, 2.24) is 4.90 Å². The highest BCUT2D eigenvalue weighted by Crippen LogP contribution is 2.30. The van der Waals surface area contributed by atoms with E-state index in [1.165, 1.54) is 37.4 Å². The van der Waals surface area contributed by atoms with Crippen LogP contribution in [0.15, 0.2) is 0 Å². The summed E-state index contributed by atoms with van der Waals surface area (Å²) in [6.45, 7) is 7.92. The zero-order valence-electron chi connectivity index (χ0n) is 10.9. The Hall–Kier alpha value is 0.620. The third-order valence-corrected chi connectivity index (χ3v) is 5.12. The first-order valence-corrected chi connectivity index (χ1v) is 8.54. The molecule has 0 aliphatic carbocycles. The van der Waals surface area contributed by atoms with Crippen LogP contribution in [-0.2, 0) is 0 Å². The van der Waals surface area contributed by atoms with Crippen LogP contribution in [0, 0.1) is 0 Å². The number of thioether (sulfide) groups is 2. The predicted octanol–water partition coefficient (Wildman–Crippen LogP) is 2.28. The molecule has 1 saturated heterocycles. The van der Waals surface area contributed by atoms with Crippen LogP contribution < -0.4 is 5.73 Å². The average Bonchev–Trinajstić information content (AvgIpc) is 2.23. The summed E-state index contributed by atoms with van der Waals surface area (Å²) < 4.78 is 0.408. The second kappa shape index (κ2) is 7.14. The Morgan fingerprint density at radius 3 is 2.81 bits per heavy atom. The second-order valence-corrected chi connectivity index (χ2v) is 7.89. The van der Waals surface area contributed by atoms with Gasteiger partial charge in [0.2, 0.25) is 0 Å². The summed E-state index contributed by atoms with van der Waals surface area (Å²) >= 11 is 4.03. The first-order valence-electron chi connectivity index (χ1n) is 6.16. The Morgan fingerprint density at radius 2 is 2.25 bits per heavy atom. The molecule has 1 aliphatic heterocycles. The fraction of sp³-hybridized carbons (Fsp3) is 1.00. The normalized spacial score (nSPS) is 23.2. The lowest BCUT2D eigenvalue weighted by atomic mass is 10.1. The Bertz CT molecular complexity index is 197. The average molecular weight is 262 g/mol. The van der Waals surface area contributed by atoms with Gasteiger partial charge in [-0.1, -0.05) is 0 Å². The zero-order chi connectivity index (χ0) is 12.0. The SMILES string of the molecule is CSCCCC(CN)N1CCSC(C)(C)C1. The van der Waals surface area contributed by atoms with Crippen molar-refractivity contribution in [2.75, 3.05) is 37.4 Å². The van der Waals surface area contributed by atoms with Gasteiger partial charge in [-0.3, -0.25) is 4.90 Å². The Balaban J connectivity index is 2.39. The van der Waals surface area contributed by atoms with Crippen molar-refractivity contribution in [2.24, 2.45) is 5.73 Å². The van der Waals surface area contributed by atoms with Gasteiger partial charge in [0.1, 0.15) is 0 Å². The maximum Gasteiger partial charge on any atom is 0.0231 e. The summed E-state index contributed by atoms with van der Waals surface area (Å²) in [7, 11) is 0. The van der Waals surface area contributed by atoms with Gasteiger partial charge in [0, 0.05) is 36.2 Å². The molecule has 2 N–H and O–H groups in total. The molecule has 0 saturated carbocycles. The third-order valence-electron chi connectivity index (χ3n) is 3.13. The van der Waals surface area contributed by atoms with Gasteiger partial charge < -0.3 is 5.73 Å². The molecule has 0 radical (unpaired) electrons. The number of hydrogen-bond donors (Lipinski definition) is 1. The zero-order valence-corrected chi connectivity index (χ0v) is 12.5. The highest BCUT2D eigenvalue weighted by Gasteiger charge is 2.30. The molecule has 1 fully saturated rings. The van der Waals surface area contributed by atoms with Crippen LogP contribution in [0.25, 0.3) is 0 Å². The minimum absolute atomic E-state index is 0.408. The van der Waals surface area contributed by atoms with Gasteiger partial charge in [-0.2, -0.15) is 23.5 Å². The Morgan fingerprint density at radius 1 is 1.50 bits per heavy atom. The molecule has 2 nitrogen and oxygen atoms in total. The van der Waals surface area contributed by atoms with Gasteiger partial charge >= 0.3 is 0 Å². The lowest BCUT2D eigenvalue weighted by molar-refractivity contribution is 0.182. The molecule has 0 spiro atoms. The van der Waals surface area contributed by atoms with E-state index in [4.69, 9.17) is 5.73 Å². The van der Waals surface area contributed by atoms with E-state index in [1.54, 1.807) is 0 Å². The molecule has 1 aliphatic rings. The van der Waals surface area contributed by atoms with Crippen LogP contribution in [0.1, 0.15) is 26.7 Å². The fourth-order valence-electron chi connectivity index (χ4n) is 2.28. The predicted molar refractivity (Wildman–Crippen MR) is 78.6 cm³/mol. The number of rotatable bonds is 6. The summed E-state index contributed by atoms with van der Waals surface area (Å²) in [6, 6.07) is 0.604. The molecule has 1 heterocycles. The summed E-state index contributed by atoms with van der Waals surface area (Å²) in [6.07, 6.45) is 4.74. The standard InChI is InChI=1S/C12H26N2S2/c1-12(2)10-14(6-8-16-12)11(9-13)5-4-7-15-3/h11H,4-10,13H2,1-3H3. The van der Waals surface area contributed by atoms with Gasteiger partial charge in [-0.25, -0.2) is 0 Å². The van der Waals surface area contributed by atoms with Crippen LogP contribution in [0.3, 0.4) is 0 Å². The van der Waals surface area contributed by atoms with E-state index in [0.29, 0.717) is 10.8 Å². The lowest BCUT2D eigenvalue weighted by Crippen LogP contribution is -2.50. The summed E-state index contributed by atoms with van der Waals surface area (Å²) in [5.74, 6) is 2.52. The smallest absolute Gasteiger partial charge is 0.0231 e. The fourth-order valence-corrected chi connectivity index (χ4v) is 3.87. The van der Waals surface area contributed by atoms with Gasteiger partial charge in [-0.05, 0) is 38.7 Å². The highest BCUT2D eigenvalue weighted by atomic mass is 32.2. The topological polar surface area (TPSA) is 29.3 Å². The van der Waals surface area contributed by atoms with Crippen molar-refractivity contribution in [3.05, 3.63) is 0 Å². The number of hydrogen-bond acceptors (Lipinski definition) is 4. The van der Waals surface area contributed by atoms with Gasteiger partial charge in [0.25, 0.3) is 0 Å². The van der Waals surface area contributed by atoms with Crippen molar-refractivity contribution < 1.29 is 0 Å². The maximum absolute atomic E-state index is 5.92. The highest BCUT2D eigenvalue weighted by molar-refractivity contribution is 8.00. The molecule has 0 bridgehead atoms. The van der Waals surface area contributed by atoms with E-state index in [0.717, 1.165) is 6.54 Å². The van der Waals surface area contributed by atoms with Gasteiger partial charge in [0.05, 0.1) is 0 Å². The van der Waals surface area contributed by atoms with E-state index in [2.05, 4.69) is 36.8 Å². The van der Waals surface area contributed by atoms with Crippen LogP contribution in [0.4, 0.5) is 0 Å². The molecular formula is C12H26N2S2. The molecule has 1 rings (SSSR count). The molecule has 0 aromatic carbocycles. The van der Waals surface area contributed by atoms with Crippen LogP contribution in [0.2, 0.25) is 0 Å². The molecule has 96 valence electrons. The van der Waals surface area contributed by atoms with Crippen molar-refractivity contribution in [1.29, 1.82) is 0 Å². The van der Waals surface area contributed by atoms with E-state index in [1.807, 2.05) is 11.8 Å². The molecule has 0 aromatic rings. The number of nitrogens with zero attached hydrogens (tertiary/aromatic N) is 1. The summed E-state index contributed by atoms with van der Waals surface area (Å²) in [5, 5.41) is 0. The molecule has 16 heavy (non-hydrogen) atoms. The molecular weight excluding hydrogens is 236 g/mol. The third kappa shape index (κ3) is 4.86. The Labute approximate surface area is 109 Å². The second-order valence-electron chi connectivity index (χ2n) is 5.10. The molecule has 0 amide bonds. The molecule has 1 unspecified atom stereocenters. The first kappa shape index (κ1) is 14.7. The number of nitrogens with two attached hydrogens (primary N) is 1. The Kier molecular flexibility index (Phi) is 6.55. The molecule has 0 aromatic heterocycles. The molecule has 1 atom stereocenters. The van der Waals surface area contributed by atoms with Crippen molar-refractivity contribution >= 4 is 23.5 Å². The quantitative estimate of drug-likeness (QED) is 0.744. The van der Waals surface area contributed by atoms with E-state index < -0.39 is 0 Å². The van der Waals surface area contributed by atoms with E-state index >= 15 is 0 Å². The molecule has 4 heteroatoms. The van der Waals surface area contributed by atoms with Crippen LogP contribution in [-0.4, -0.2) is 53.1 Å². The van der Waals surface area contributed by atoms with Crippen LogP contribution >= 0.6 is 23.5 Å². The summed E-state index contributed by atoms with van der Waals surface area (Å²) in [4.78, 5) is 2.61. The van der Waals surface area contributed by atoms with Gasteiger partial charge in [0.15, 0.2) is 0 Å². The van der Waals surface area contributed by atoms with E-state index in [9.17, 15) is 0 Å². The van der Waals surface area contributed by atoms with Crippen molar-refractivity contribution in [3.8, 4) is 0 Å². The monoisotopic (exact) mass is 262 g/mol. The van der Waals surface area contributed by atoms with Crippen molar-refractivity contribution in [3.63, 3.8) is 0 Å². The first-order chi connectivity index (χ1) is 7.59. The minimum Gasteiger partial charge on any atom is -0.329 e.